The maximum atomic E-state index is 12.0. The van der Waals surface area contributed by atoms with Crippen molar-refractivity contribution in [2.24, 2.45) is 5.92 Å². The van der Waals surface area contributed by atoms with Gasteiger partial charge in [-0.15, -0.1) is 0 Å². The lowest BCUT2D eigenvalue weighted by atomic mass is 9.85. The Bertz CT molecular complexity index is 474. The number of carbonyl (C=O) groups excluding carboxylic acids is 1. The highest BCUT2D eigenvalue weighted by atomic mass is 16.1. The Hall–Kier alpha value is -1.51. The van der Waals surface area contributed by atoms with Gasteiger partial charge in [-0.3, -0.25) is 4.79 Å². The van der Waals surface area contributed by atoms with Gasteiger partial charge in [0.05, 0.1) is 0 Å². The summed E-state index contributed by atoms with van der Waals surface area (Å²) in [6.45, 7) is 4.40. The number of benzene rings is 1. The number of hydrogen-bond acceptors (Lipinski definition) is 2. The van der Waals surface area contributed by atoms with Gasteiger partial charge in [0.15, 0.2) is 0 Å². The molecule has 2 fully saturated rings. The number of hydrogen-bond donors (Lipinski definition) is 1. The molecular formula is C16H22N2O. The lowest BCUT2D eigenvalue weighted by molar-refractivity contribution is -0.122. The summed E-state index contributed by atoms with van der Waals surface area (Å²) < 4.78 is 0. The second kappa shape index (κ2) is 5.24. The topological polar surface area (TPSA) is 32.3 Å². The van der Waals surface area contributed by atoms with Crippen molar-refractivity contribution in [3.63, 3.8) is 0 Å². The van der Waals surface area contributed by atoms with E-state index in [1.165, 1.54) is 24.9 Å². The van der Waals surface area contributed by atoms with Crippen molar-refractivity contribution in [3.8, 4) is 0 Å². The van der Waals surface area contributed by atoms with Crippen LogP contribution in [0, 0.1) is 12.8 Å². The van der Waals surface area contributed by atoms with Crippen LogP contribution in [0.4, 0.5) is 11.4 Å². The van der Waals surface area contributed by atoms with E-state index in [1.54, 1.807) is 0 Å². The molecule has 1 aliphatic carbocycles. The normalized spacial score (nSPS) is 19.3. The molecule has 0 unspecified atom stereocenters. The molecule has 0 aromatic heterocycles. The van der Waals surface area contributed by atoms with E-state index >= 15 is 0 Å². The maximum Gasteiger partial charge on any atom is 0.227 e. The highest BCUT2D eigenvalue weighted by Crippen LogP contribution is 2.29. The Morgan fingerprint density at radius 3 is 2.53 bits per heavy atom. The molecule has 19 heavy (non-hydrogen) atoms. The van der Waals surface area contributed by atoms with E-state index in [0.717, 1.165) is 37.2 Å². The second-order valence-corrected chi connectivity index (χ2v) is 5.81. The number of amides is 1. The summed E-state index contributed by atoms with van der Waals surface area (Å²) >= 11 is 0. The van der Waals surface area contributed by atoms with Crippen molar-refractivity contribution in [3.05, 3.63) is 23.8 Å². The lowest BCUT2D eigenvalue weighted by Crippen LogP contribution is -2.28. The minimum atomic E-state index is 0.197. The molecule has 2 aliphatic rings. The van der Waals surface area contributed by atoms with Crippen molar-refractivity contribution in [2.45, 2.75) is 39.0 Å². The molecule has 1 N–H and O–H groups in total. The van der Waals surface area contributed by atoms with Gasteiger partial charge < -0.3 is 10.2 Å². The molecule has 1 heterocycles. The van der Waals surface area contributed by atoms with E-state index in [4.69, 9.17) is 0 Å². The van der Waals surface area contributed by atoms with E-state index in [1.807, 2.05) is 0 Å². The molecule has 3 rings (SSSR count). The van der Waals surface area contributed by atoms with E-state index in [2.05, 4.69) is 35.3 Å². The first-order valence-electron chi connectivity index (χ1n) is 7.40. The fraction of sp³-hybridized carbons (Fsp3) is 0.562. The molecule has 1 amide bonds. The van der Waals surface area contributed by atoms with Crippen LogP contribution in [0.25, 0.3) is 0 Å². The number of carbonyl (C=O) groups is 1. The summed E-state index contributed by atoms with van der Waals surface area (Å²) in [6.07, 6.45) is 5.89. The fourth-order valence-electron chi connectivity index (χ4n) is 2.87. The van der Waals surface area contributed by atoms with Crippen molar-refractivity contribution in [1.29, 1.82) is 0 Å². The van der Waals surface area contributed by atoms with E-state index < -0.39 is 0 Å². The highest BCUT2D eigenvalue weighted by Gasteiger charge is 2.25. The Morgan fingerprint density at radius 2 is 1.95 bits per heavy atom. The molecule has 3 heteroatoms. The van der Waals surface area contributed by atoms with Gasteiger partial charge in [-0.2, -0.15) is 0 Å². The monoisotopic (exact) mass is 258 g/mol. The third-order valence-electron chi connectivity index (χ3n) is 4.42. The van der Waals surface area contributed by atoms with Gasteiger partial charge in [0.25, 0.3) is 0 Å². The Balaban J connectivity index is 1.70. The largest absolute Gasteiger partial charge is 0.372 e. The number of anilines is 2. The zero-order valence-corrected chi connectivity index (χ0v) is 11.6. The molecule has 0 atom stereocenters. The predicted molar refractivity (Wildman–Crippen MR) is 78.6 cm³/mol. The predicted octanol–water partition coefficient (Wildman–Crippen LogP) is 3.33. The molecule has 0 radical (unpaired) electrons. The highest BCUT2D eigenvalue weighted by molar-refractivity contribution is 5.93. The molecule has 102 valence electrons. The first kappa shape index (κ1) is 12.5. The second-order valence-electron chi connectivity index (χ2n) is 5.81. The van der Waals surface area contributed by atoms with Crippen LogP contribution in [-0.4, -0.2) is 19.0 Å². The van der Waals surface area contributed by atoms with E-state index in [0.29, 0.717) is 0 Å². The number of nitrogens with zero attached hydrogens (tertiary/aromatic N) is 1. The molecule has 3 nitrogen and oxygen atoms in total. The van der Waals surface area contributed by atoms with Gasteiger partial charge >= 0.3 is 0 Å². The third-order valence-corrected chi connectivity index (χ3v) is 4.42. The van der Waals surface area contributed by atoms with Gasteiger partial charge in [0, 0.05) is 30.4 Å². The van der Waals surface area contributed by atoms with Gasteiger partial charge in [0.2, 0.25) is 5.91 Å². The summed E-state index contributed by atoms with van der Waals surface area (Å²) in [4.78, 5) is 14.4. The van der Waals surface area contributed by atoms with Gasteiger partial charge in [0.1, 0.15) is 0 Å². The summed E-state index contributed by atoms with van der Waals surface area (Å²) in [7, 11) is 0. The van der Waals surface area contributed by atoms with Crippen molar-refractivity contribution in [2.75, 3.05) is 23.3 Å². The lowest BCUT2D eigenvalue weighted by Gasteiger charge is -2.25. The molecule has 1 aliphatic heterocycles. The zero-order valence-electron chi connectivity index (χ0n) is 11.6. The number of nitrogens with one attached hydrogen (secondary N) is 1. The van der Waals surface area contributed by atoms with Crippen LogP contribution < -0.4 is 10.2 Å². The van der Waals surface area contributed by atoms with Gasteiger partial charge in [-0.1, -0.05) is 6.42 Å². The van der Waals surface area contributed by atoms with Gasteiger partial charge in [-0.25, -0.2) is 0 Å². The molecule has 1 saturated heterocycles. The fourth-order valence-corrected chi connectivity index (χ4v) is 2.87. The third kappa shape index (κ3) is 2.60. The SMILES string of the molecule is Cc1cc(N2CCCC2)ccc1NC(=O)C1CCC1. The minimum absolute atomic E-state index is 0.197. The molecule has 1 aromatic carbocycles. The van der Waals surface area contributed by atoms with Gasteiger partial charge in [-0.05, 0) is 56.4 Å². The quantitative estimate of drug-likeness (QED) is 0.902. The molecule has 0 bridgehead atoms. The summed E-state index contributed by atoms with van der Waals surface area (Å²) in [6, 6.07) is 6.38. The van der Waals surface area contributed by atoms with Crippen LogP contribution in [-0.2, 0) is 4.79 Å². The number of rotatable bonds is 3. The van der Waals surface area contributed by atoms with Crippen LogP contribution in [0.5, 0.6) is 0 Å². The van der Waals surface area contributed by atoms with Crippen molar-refractivity contribution < 1.29 is 4.79 Å². The summed E-state index contributed by atoms with van der Waals surface area (Å²) in [5, 5.41) is 3.07. The van der Waals surface area contributed by atoms with Crippen LogP contribution in [0.1, 0.15) is 37.7 Å². The van der Waals surface area contributed by atoms with Crippen LogP contribution >= 0.6 is 0 Å². The average Bonchev–Trinajstić information content (AvgIpc) is 2.83. The molecule has 1 saturated carbocycles. The van der Waals surface area contributed by atoms with Crippen LogP contribution in [0.2, 0.25) is 0 Å². The van der Waals surface area contributed by atoms with Crippen LogP contribution in [0.3, 0.4) is 0 Å². The first-order chi connectivity index (χ1) is 9.24. The Morgan fingerprint density at radius 1 is 1.21 bits per heavy atom. The standard InChI is InChI=1S/C16H22N2O/c1-12-11-14(18-9-2-3-10-18)7-8-15(12)17-16(19)13-5-4-6-13/h7-8,11,13H,2-6,9-10H2,1H3,(H,17,19). The van der Waals surface area contributed by atoms with Crippen molar-refractivity contribution >= 4 is 17.3 Å². The molecular weight excluding hydrogens is 236 g/mol. The summed E-state index contributed by atoms with van der Waals surface area (Å²) in [5.41, 5.74) is 3.42. The Labute approximate surface area is 115 Å². The van der Waals surface area contributed by atoms with E-state index in [9.17, 15) is 4.79 Å². The number of aryl methyl sites for hydroxylation is 1. The summed E-state index contributed by atoms with van der Waals surface area (Å²) in [5.74, 6) is 0.445. The van der Waals surface area contributed by atoms with E-state index in [-0.39, 0.29) is 11.8 Å². The molecule has 1 aromatic rings. The maximum absolute atomic E-state index is 12.0. The smallest absolute Gasteiger partial charge is 0.227 e. The van der Waals surface area contributed by atoms with Crippen molar-refractivity contribution in [1.82, 2.24) is 0 Å². The first-order valence-corrected chi connectivity index (χ1v) is 7.40. The minimum Gasteiger partial charge on any atom is -0.372 e. The zero-order chi connectivity index (χ0) is 13.2. The Kier molecular flexibility index (Phi) is 3.45. The average molecular weight is 258 g/mol. The molecule has 0 spiro atoms. The van der Waals surface area contributed by atoms with Crippen LogP contribution in [0.15, 0.2) is 18.2 Å².